The Hall–Kier alpha value is -0.923. The number of hydrogen-bond acceptors (Lipinski definition) is 1. The van der Waals surface area contributed by atoms with Crippen LogP contribution in [0, 0.1) is 0 Å². The van der Waals surface area contributed by atoms with Crippen LogP contribution in [0.25, 0.3) is 0 Å². The molecule has 0 unspecified atom stereocenters. The number of benzene rings is 1. The fourth-order valence-corrected chi connectivity index (χ4v) is 0.802. The molecule has 72 valence electrons. The average molecular weight is 198 g/mol. The van der Waals surface area contributed by atoms with E-state index in [1.165, 1.54) is 0 Å². The summed E-state index contributed by atoms with van der Waals surface area (Å²) in [5.74, 6) is -1.24. The number of alkyl halides is 3. The van der Waals surface area contributed by atoms with Crippen molar-refractivity contribution in [1.82, 2.24) is 0 Å². The molecular formula is C8H6F3LiO2. The average Bonchev–Trinajstić information content (AvgIpc) is 2.03. The zero-order valence-corrected chi connectivity index (χ0v) is 7.30. The van der Waals surface area contributed by atoms with Crippen LogP contribution in [0.4, 0.5) is 13.2 Å². The van der Waals surface area contributed by atoms with Gasteiger partial charge in [0.05, 0.1) is 11.1 Å². The quantitative estimate of drug-likeness (QED) is 0.619. The molecule has 1 aromatic carbocycles. The second-order valence-electron chi connectivity index (χ2n) is 2.38. The van der Waals surface area contributed by atoms with Crippen molar-refractivity contribution in [3.8, 4) is 0 Å². The molecule has 2 nitrogen and oxygen atoms in total. The van der Waals surface area contributed by atoms with Crippen LogP contribution in [0.1, 0.15) is 17.3 Å². The van der Waals surface area contributed by atoms with E-state index in [9.17, 15) is 18.0 Å². The molecular weight excluding hydrogens is 192 g/mol. The van der Waals surface area contributed by atoms with Crippen molar-refractivity contribution in [2.24, 2.45) is 0 Å². The smallest absolute Gasteiger partial charge is 1.00 e. The van der Waals surface area contributed by atoms with Crippen LogP contribution in [-0.4, -0.2) is 11.1 Å². The Morgan fingerprint density at radius 1 is 1.21 bits per heavy atom. The SMILES string of the molecule is O=C(O)c1ccc(C(F)(F)F)cc1.[H-].[Li+]. The first-order valence-electron chi connectivity index (χ1n) is 3.32. The van der Waals surface area contributed by atoms with Gasteiger partial charge >= 0.3 is 31.0 Å². The molecule has 0 aliphatic carbocycles. The summed E-state index contributed by atoms with van der Waals surface area (Å²) in [6.45, 7) is 0. The number of carbonyl (C=O) groups is 1. The molecule has 0 bridgehead atoms. The summed E-state index contributed by atoms with van der Waals surface area (Å²) < 4.78 is 35.9. The van der Waals surface area contributed by atoms with Gasteiger partial charge in [-0.25, -0.2) is 4.79 Å². The van der Waals surface area contributed by atoms with Crippen molar-refractivity contribution >= 4 is 5.97 Å². The van der Waals surface area contributed by atoms with E-state index in [0.717, 1.165) is 24.3 Å². The number of halogens is 3. The van der Waals surface area contributed by atoms with Crippen LogP contribution in [0.3, 0.4) is 0 Å². The first-order valence-corrected chi connectivity index (χ1v) is 3.32. The Labute approximate surface area is 91.4 Å². The molecule has 0 heterocycles. The number of rotatable bonds is 1. The van der Waals surface area contributed by atoms with Gasteiger partial charge in [0.2, 0.25) is 0 Å². The number of aromatic carboxylic acids is 1. The molecule has 6 heteroatoms. The molecule has 1 rings (SSSR count). The first-order chi connectivity index (χ1) is 5.91. The minimum Gasteiger partial charge on any atom is -1.00 e. The molecule has 0 spiro atoms. The second-order valence-corrected chi connectivity index (χ2v) is 2.38. The van der Waals surface area contributed by atoms with Gasteiger partial charge in [0.15, 0.2) is 0 Å². The monoisotopic (exact) mass is 198 g/mol. The largest absolute Gasteiger partial charge is 1.00 e. The predicted octanol–water partition coefficient (Wildman–Crippen LogP) is -0.480. The van der Waals surface area contributed by atoms with Gasteiger partial charge in [-0.05, 0) is 24.3 Å². The summed E-state index contributed by atoms with van der Waals surface area (Å²) in [5, 5.41) is 8.40. The predicted molar refractivity (Wildman–Crippen MR) is 39.5 cm³/mol. The molecule has 14 heavy (non-hydrogen) atoms. The van der Waals surface area contributed by atoms with E-state index in [1.54, 1.807) is 0 Å². The Balaban J connectivity index is 0. The maximum atomic E-state index is 12.0. The summed E-state index contributed by atoms with van der Waals surface area (Å²) in [6, 6.07) is 3.32. The third kappa shape index (κ3) is 3.09. The van der Waals surface area contributed by atoms with Crippen LogP contribution in [0.2, 0.25) is 0 Å². The van der Waals surface area contributed by atoms with E-state index >= 15 is 0 Å². The van der Waals surface area contributed by atoms with Crippen LogP contribution < -0.4 is 18.9 Å². The maximum Gasteiger partial charge on any atom is 1.00 e. The Morgan fingerprint density at radius 2 is 1.64 bits per heavy atom. The van der Waals surface area contributed by atoms with Crippen molar-refractivity contribution in [3.05, 3.63) is 35.4 Å². The molecule has 1 aromatic rings. The zero-order valence-electron chi connectivity index (χ0n) is 8.30. The van der Waals surface area contributed by atoms with E-state index in [-0.39, 0.29) is 25.9 Å². The molecule has 0 fully saturated rings. The molecule has 0 saturated heterocycles. The van der Waals surface area contributed by atoms with Gasteiger partial charge in [-0.1, -0.05) is 0 Å². The van der Waals surface area contributed by atoms with Crippen LogP contribution >= 0.6 is 0 Å². The molecule has 1 N–H and O–H groups in total. The summed E-state index contributed by atoms with van der Waals surface area (Å²) >= 11 is 0. The van der Waals surface area contributed by atoms with Crippen molar-refractivity contribution < 1.29 is 43.4 Å². The van der Waals surface area contributed by atoms with Crippen LogP contribution in [-0.2, 0) is 6.18 Å². The standard InChI is InChI=1S/C8H5F3O2.Li.H/c9-8(10,11)6-3-1-5(2-4-6)7(12)13;;/h1-4H,(H,12,13);;/q;+1;-1. The van der Waals surface area contributed by atoms with Gasteiger partial charge in [-0.3, -0.25) is 0 Å². The molecule has 0 aliphatic rings. The van der Waals surface area contributed by atoms with Crippen molar-refractivity contribution in [1.29, 1.82) is 0 Å². The van der Waals surface area contributed by atoms with E-state index in [2.05, 4.69) is 0 Å². The van der Waals surface area contributed by atoms with Crippen molar-refractivity contribution in [2.75, 3.05) is 0 Å². The third-order valence-corrected chi connectivity index (χ3v) is 1.46. The van der Waals surface area contributed by atoms with E-state index in [0.29, 0.717) is 0 Å². The van der Waals surface area contributed by atoms with Crippen LogP contribution in [0.15, 0.2) is 24.3 Å². The summed E-state index contributed by atoms with van der Waals surface area (Å²) in [6.07, 6.45) is -4.42. The topological polar surface area (TPSA) is 37.3 Å². The summed E-state index contributed by atoms with van der Waals surface area (Å²) in [7, 11) is 0. The van der Waals surface area contributed by atoms with Crippen molar-refractivity contribution in [3.63, 3.8) is 0 Å². The number of carboxylic acids is 1. The Morgan fingerprint density at radius 3 is 1.93 bits per heavy atom. The minimum atomic E-state index is -4.42. The fourth-order valence-electron chi connectivity index (χ4n) is 0.802. The first kappa shape index (κ1) is 13.1. The normalized spacial score (nSPS) is 10.5. The van der Waals surface area contributed by atoms with Gasteiger partial charge in [-0.15, -0.1) is 0 Å². The van der Waals surface area contributed by atoms with E-state index in [1.807, 2.05) is 0 Å². The molecule has 0 aromatic heterocycles. The fraction of sp³-hybridized carbons (Fsp3) is 0.125. The van der Waals surface area contributed by atoms with Gasteiger partial charge in [-0.2, -0.15) is 13.2 Å². The van der Waals surface area contributed by atoms with Crippen molar-refractivity contribution in [2.45, 2.75) is 6.18 Å². The molecule has 0 atom stereocenters. The van der Waals surface area contributed by atoms with Crippen LogP contribution in [0.5, 0.6) is 0 Å². The number of hydrogen-bond donors (Lipinski definition) is 1. The summed E-state index contributed by atoms with van der Waals surface area (Å²) in [5.41, 5.74) is -1.01. The molecule has 0 saturated carbocycles. The number of carboxylic acid groups (broad SMARTS) is 1. The van der Waals surface area contributed by atoms with Gasteiger partial charge in [0, 0.05) is 0 Å². The van der Waals surface area contributed by atoms with E-state index in [4.69, 9.17) is 5.11 Å². The Kier molecular flexibility index (Phi) is 4.24. The maximum absolute atomic E-state index is 12.0. The van der Waals surface area contributed by atoms with Gasteiger partial charge in [0.25, 0.3) is 0 Å². The van der Waals surface area contributed by atoms with Gasteiger partial charge < -0.3 is 6.53 Å². The molecule has 0 amide bonds. The van der Waals surface area contributed by atoms with Gasteiger partial charge in [0.1, 0.15) is 0 Å². The second kappa shape index (κ2) is 4.54. The zero-order chi connectivity index (χ0) is 10.1. The molecule has 0 radical (unpaired) electrons. The molecule has 0 aliphatic heterocycles. The summed E-state index contributed by atoms with van der Waals surface area (Å²) in [4.78, 5) is 10.3. The minimum absolute atomic E-state index is 0. The third-order valence-electron chi connectivity index (χ3n) is 1.46. The Bertz CT molecular complexity index is 324. The van der Waals surface area contributed by atoms with E-state index < -0.39 is 17.7 Å².